The first-order chi connectivity index (χ1) is 6.61. The van der Waals surface area contributed by atoms with E-state index in [1.54, 1.807) is 12.0 Å². The van der Waals surface area contributed by atoms with E-state index in [0.717, 1.165) is 6.54 Å². The van der Waals surface area contributed by atoms with Gasteiger partial charge in [0.05, 0.1) is 13.2 Å². The fourth-order valence-electron chi connectivity index (χ4n) is 1.06. The molecule has 0 aromatic carbocycles. The highest BCUT2D eigenvalue weighted by atomic mass is 16.5. The number of nitrogens with zero attached hydrogens (tertiary/aromatic N) is 1. The lowest BCUT2D eigenvalue weighted by atomic mass is 10.3. The second-order valence-electron chi connectivity index (χ2n) is 3.50. The minimum absolute atomic E-state index is 0.137. The molecule has 0 unspecified atom stereocenters. The minimum atomic E-state index is 0.137. The summed E-state index contributed by atoms with van der Waals surface area (Å²) in [6, 6.07) is 0.347. The molecule has 0 heterocycles. The molecule has 0 aliphatic rings. The molecule has 1 N–H and O–H groups in total. The van der Waals surface area contributed by atoms with E-state index in [1.807, 2.05) is 20.8 Å². The van der Waals surface area contributed by atoms with Gasteiger partial charge in [0.15, 0.2) is 0 Å². The van der Waals surface area contributed by atoms with Crippen LogP contribution >= 0.6 is 0 Å². The van der Waals surface area contributed by atoms with Gasteiger partial charge in [-0.3, -0.25) is 4.79 Å². The summed E-state index contributed by atoms with van der Waals surface area (Å²) in [4.78, 5) is 13.4. The lowest BCUT2D eigenvalue weighted by Gasteiger charge is -2.21. The van der Waals surface area contributed by atoms with Gasteiger partial charge in [-0.15, -0.1) is 0 Å². The average Bonchev–Trinajstić information content (AvgIpc) is 2.16. The third-order valence-electron chi connectivity index (χ3n) is 1.96. The van der Waals surface area contributed by atoms with Crippen LogP contribution < -0.4 is 5.32 Å². The summed E-state index contributed by atoms with van der Waals surface area (Å²) in [5, 5.41) is 3.10. The van der Waals surface area contributed by atoms with Gasteiger partial charge in [0, 0.05) is 26.2 Å². The molecule has 1 amide bonds. The fourth-order valence-corrected chi connectivity index (χ4v) is 1.06. The molecule has 0 spiro atoms. The third-order valence-corrected chi connectivity index (χ3v) is 1.96. The number of methoxy groups -OCH3 is 1. The van der Waals surface area contributed by atoms with Crippen molar-refractivity contribution in [1.29, 1.82) is 0 Å². The summed E-state index contributed by atoms with van der Waals surface area (Å²) in [6.07, 6.45) is 0. The number of amides is 1. The van der Waals surface area contributed by atoms with Crippen molar-refractivity contribution in [2.45, 2.75) is 26.8 Å². The molecule has 0 bridgehead atoms. The van der Waals surface area contributed by atoms with Crippen molar-refractivity contribution >= 4 is 5.91 Å². The molecule has 0 rings (SSSR count). The van der Waals surface area contributed by atoms with Gasteiger partial charge in [-0.25, -0.2) is 0 Å². The molecule has 0 aliphatic heterocycles. The molecule has 0 saturated heterocycles. The predicted molar refractivity (Wildman–Crippen MR) is 57.3 cm³/mol. The lowest BCUT2D eigenvalue weighted by Crippen LogP contribution is -2.41. The first-order valence-corrected chi connectivity index (χ1v) is 5.11. The quantitative estimate of drug-likeness (QED) is 0.653. The largest absolute Gasteiger partial charge is 0.383 e. The summed E-state index contributed by atoms with van der Waals surface area (Å²) in [6.45, 7) is 8.45. The monoisotopic (exact) mass is 202 g/mol. The Morgan fingerprint density at radius 3 is 2.57 bits per heavy atom. The number of carbonyl (C=O) groups is 1. The molecule has 0 fully saturated rings. The normalized spacial score (nSPS) is 10.6. The van der Waals surface area contributed by atoms with Crippen LogP contribution in [0.15, 0.2) is 0 Å². The van der Waals surface area contributed by atoms with Crippen LogP contribution in [-0.4, -0.2) is 50.2 Å². The standard InChI is InChI=1S/C10H22N2O2/c1-5-12(6-7-14-4)10(13)8-11-9(2)3/h9,11H,5-8H2,1-4H3. The van der Waals surface area contributed by atoms with Gasteiger partial charge >= 0.3 is 0 Å². The first kappa shape index (κ1) is 13.4. The zero-order valence-electron chi connectivity index (χ0n) is 9.67. The number of ether oxygens (including phenoxy) is 1. The van der Waals surface area contributed by atoms with Crippen molar-refractivity contribution in [2.24, 2.45) is 0 Å². The van der Waals surface area contributed by atoms with E-state index in [0.29, 0.717) is 25.7 Å². The van der Waals surface area contributed by atoms with Crippen molar-refractivity contribution < 1.29 is 9.53 Å². The van der Waals surface area contributed by atoms with Crippen molar-refractivity contribution in [3.05, 3.63) is 0 Å². The maximum absolute atomic E-state index is 11.6. The van der Waals surface area contributed by atoms with Gasteiger partial charge in [-0.05, 0) is 6.92 Å². The number of hydrogen-bond donors (Lipinski definition) is 1. The summed E-state index contributed by atoms with van der Waals surface area (Å²) in [7, 11) is 1.64. The Bertz CT molecular complexity index is 160. The molecule has 0 atom stereocenters. The first-order valence-electron chi connectivity index (χ1n) is 5.11. The summed E-state index contributed by atoms with van der Waals surface area (Å²) >= 11 is 0. The van der Waals surface area contributed by atoms with Crippen LogP contribution in [0.5, 0.6) is 0 Å². The van der Waals surface area contributed by atoms with Crippen LogP contribution in [0.25, 0.3) is 0 Å². The molecule has 84 valence electrons. The Hall–Kier alpha value is -0.610. The molecule has 0 aromatic heterocycles. The summed E-state index contributed by atoms with van der Waals surface area (Å²) in [5.41, 5.74) is 0. The zero-order chi connectivity index (χ0) is 11.0. The van der Waals surface area contributed by atoms with Gasteiger partial charge < -0.3 is 15.0 Å². The topological polar surface area (TPSA) is 41.6 Å². The zero-order valence-corrected chi connectivity index (χ0v) is 9.67. The smallest absolute Gasteiger partial charge is 0.236 e. The van der Waals surface area contributed by atoms with Crippen LogP contribution in [-0.2, 0) is 9.53 Å². The highest BCUT2D eigenvalue weighted by molar-refractivity contribution is 5.78. The van der Waals surface area contributed by atoms with Crippen molar-refractivity contribution in [1.82, 2.24) is 10.2 Å². The number of hydrogen-bond acceptors (Lipinski definition) is 3. The Morgan fingerprint density at radius 2 is 2.14 bits per heavy atom. The number of carbonyl (C=O) groups excluding carboxylic acids is 1. The van der Waals surface area contributed by atoms with Gasteiger partial charge in [-0.1, -0.05) is 13.8 Å². The van der Waals surface area contributed by atoms with Gasteiger partial charge in [0.25, 0.3) is 0 Å². The van der Waals surface area contributed by atoms with Crippen LogP contribution in [0.1, 0.15) is 20.8 Å². The van der Waals surface area contributed by atoms with E-state index in [1.165, 1.54) is 0 Å². The van der Waals surface area contributed by atoms with E-state index in [-0.39, 0.29) is 5.91 Å². The highest BCUT2D eigenvalue weighted by Crippen LogP contribution is 1.89. The van der Waals surface area contributed by atoms with Crippen molar-refractivity contribution in [3.8, 4) is 0 Å². The maximum atomic E-state index is 11.6. The van der Waals surface area contributed by atoms with Crippen LogP contribution in [0.2, 0.25) is 0 Å². The summed E-state index contributed by atoms with van der Waals surface area (Å²) in [5.74, 6) is 0.137. The van der Waals surface area contributed by atoms with E-state index in [4.69, 9.17) is 4.74 Å². The fraction of sp³-hybridized carbons (Fsp3) is 0.900. The van der Waals surface area contributed by atoms with Crippen LogP contribution in [0, 0.1) is 0 Å². The van der Waals surface area contributed by atoms with Crippen LogP contribution in [0.4, 0.5) is 0 Å². The molecule has 0 radical (unpaired) electrons. The van der Waals surface area contributed by atoms with E-state index in [2.05, 4.69) is 5.32 Å². The molecular weight excluding hydrogens is 180 g/mol. The molecule has 0 aromatic rings. The second kappa shape index (κ2) is 7.76. The number of likely N-dealkylation sites (N-methyl/N-ethyl adjacent to an activating group) is 1. The molecular formula is C10H22N2O2. The lowest BCUT2D eigenvalue weighted by molar-refractivity contribution is -0.130. The Balaban J connectivity index is 3.79. The minimum Gasteiger partial charge on any atom is -0.383 e. The SMILES string of the molecule is CCN(CCOC)C(=O)CNC(C)C. The molecule has 0 aliphatic carbocycles. The van der Waals surface area contributed by atoms with E-state index < -0.39 is 0 Å². The van der Waals surface area contributed by atoms with E-state index in [9.17, 15) is 4.79 Å². The predicted octanol–water partition coefficient (Wildman–Crippen LogP) is 0.479. The number of nitrogens with one attached hydrogen (secondary N) is 1. The van der Waals surface area contributed by atoms with Crippen molar-refractivity contribution in [3.63, 3.8) is 0 Å². The van der Waals surface area contributed by atoms with Crippen molar-refractivity contribution in [2.75, 3.05) is 33.4 Å². The maximum Gasteiger partial charge on any atom is 0.236 e. The average molecular weight is 202 g/mol. The Kier molecular flexibility index (Phi) is 7.42. The number of rotatable bonds is 7. The highest BCUT2D eigenvalue weighted by Gasteiger charge is 2.10. The van der Waals surface area contributed by atoms with Gasteiger partial charge in [-0.2, -0.15) is 0 Å². The van der Waals surface area contributed by atoms with Gasteiger partial charge in [0.2, 0.25) is 5.91 Å². The molecule has 14 heavy (non-hydrogen) atoms. The molecule has 4 nitrogen and oxygen atoms in total. The molecule has 4 heteroatoms. The Labute approximate surface area is 86.6 Å². The third kappa shape index (κ3) is 5.94. The molecule has 0 saturated carbocycles. The van der Waals surface area contributed by atoms with Crippen LogP contribution in [0.3, 0.4) is 0 Å². The van der Waals surface area contributed by atoms with E-state index >= 15 is 0 Å². The second-order valence-corrected chi connectivity index (χ2v) is 3.50. The van der Waals surface area contributed by atoms with Gasteiger partial charge in [0.1, 0.15) is 0 Å². The Morgan fingerprint density at radius 1 is 1.50 bits per heavy atom. The summed E-state index contributed by atoms with van der Waals surface area (Å²) < 4.78 is 4.94.